The Hall–Kier alpha value is -1.14. The van der Waals surface area contributed by atoms with Crippen LogP contribution in [-0.4, -0.2) is 27.8 Å². The molecule has 3 rings (SSSR count). The zero-order valence-corrected chi connectivity index (χ0v) is 13.9. The molecule has 2 aromatic rings. The Morgan fingerprint density at radius 2 is 2.33 bits per heavy atom. The van der Waals surface area contributed by atoms with Crippen LogP contribution in [0.25, 0.3) is 10.2 Å². The molecule has 6 heteroatoms. The lowest BCUT2D eigenvalue weighted by atomic mass is 10.2. The predicted molar refractivity (Wildman–Crippen MR) is 86.0 cm³/mol. The Kier molecular flexibility index (Phi) is 4.45. The minimum Gasteiger partial charge on any atom is -0.466 e. The number of nitrogens with zero attached hydrogens (tertiary/aromatic N) is 2. The van der Waals surface area contributed by atoms with E-state index in [2.05, 4.69) is 9.97 Å². The van der Waals surface area contributed by atoms with Gasteiger partial charge >= 0.3 is 5.97 Å². The molecule has 0 amide bonds. The Labute approximate surface area is 132 Å². The SMILES string of the molecule is CCOC(=O)CC(C)Sc1ncnc2sc3c(c12)CCC3. The zero-order valence-electron chi connectivity index (χ0n) is 12.2. The number of hydrogen-bond acceptors (Lipinski definition) is 6. The van der Waals surface area contributed by atoms with E-state index in [9.17, 15) is 4.79 Å². The highest BCUT2D eigenvalue weighted by atomic mass is 32.2. The monoisotopic (exact) mass is 322 g/mol. The van der Waals surface area contributed by atoms with Gasteiger partial charge in [0.2, 0.25) is 0 Å². The summed E-state index contributed by atoms with van der Waals surface area (Å²) in [7, 11) is 0. The first-order chi connectivity index (χ1) is 10.2. The minimum atomic E-state index is -0.140. The number of aromatic nitrogens is 2. The number of carbonyl (C=O) groups excluding carboxylic acids is 1. The van der Waals surface area contributed by atoms with Gasteiger partial charge in [0, 0.05) is 15.5 Å². The number of ether oxygens (including phenoxy) is 1. The van der Waals surface area contributed by atoms with E-state index in [4.69, 9.17) is 4.74 Å². The third-order valence-corrected chi connectivity index (χ3v) is 5.84. The maximum absolute atomic E-state index is 11.6. The first kappa shape index (κ1) is 14.8. The summed E-state index contributed by atoms with van der Waals surface area (Å²) in [5, 5.41) is 2.38. The summed E-state index contributed by atoms with van der Waals surface area (Å²) in [6.45, 7) is 4.31. The van der Waals surface area contributed by atoms with Gasteiger partial charge in [-0.3, -0.25) is 4.79 Å². The van der Waals surface area contributed by atoms with E-state index in [1.54, 1.807) is 29.4 Å². The summed E-state index contributed by atoms with van der Waals surface area (Å²) < 4.78 is 5.01. The molecule has 0 aliphatic heterocycles. The molecule has 112 valence electrons. The first-order valence-electron chi connectivity index (χ1n) is 7.26. The molecule has 1 unspecified atom stereocenters. The predicted octanol–water partition coefficient (Wildman–Crippen LogP) is 3.61. The molecular weight excluding hydrogens is 304 g/mol. The van der Waals surface area contributed by atoms with E-state index < -0.39 is 0 Å². The molecule has 0 aromatic carbocycles. The fourth-order valence-corrected chi connectivity index (χ4v) is 5.02. The van der Waals surface area contributed by atoms with Gasteiger partial charge in [-0.05, 0) is 31.7 Å². The maximum atomic E-state index is 11.6. The van der Waals surface area contributed by atoms with Crippen molar-refractivity contribution in [2.24, 2.45) is 0 Å². The number of fused-ring (bicyclic) bond motifs is 3. The topological polar surface area (TPSA) is 52.1 Å². The molecule has 2 aromatic heterocycles. The van der Waals surface area contributed by atoms with E-state index in [-0.39, 0.29) is 11.2 Å². The molecule has 1 aliphatic rings. The van der Waals surface area contributed by atoms with Crippen molar-refractivity contribution in [1.82, 2.24) is 9.97 Å². The number of thioether (sulfide) groups is 1. The van der Waals surface area contributed by atoms with Gasteiger partial charge < -0.3 is 4.74 Å². The third-order valence-electron chi connectivity index (χ3n) is 3.54. The molecule has 4 nitrogen and oxygen atoms in total. The van der Waals surface area contributed by atoms with E-state index in [1.807, 2.05) is 13.8 Å². The highest BCUT2D eigenvalue weighted by molar-refractivity contribution is 8.00. The van der Waals surface area contributed by atoms with E-state index >= 15 is 0 Å². The standard InChI is InChI=1S/C15H18N2O2S2/c1-3-19-12(18)7-9(2)20-14-13-10-5-4-6-11(10)21-15(13)17-8-16-14/h8-9H,3-7H2,1-2H3. The maximum Gasteiger partial charge on any atom is 0.306 e. The molecule has 0 saturated heterocycles. The van der Waals surface area contributed by atoms with Gasteiger partial charge in [0.1, 0.15) is 16.2 Å². The van der Waals surface area contributed by atoms with Crippen LogP contribution in [0.1, 0.15) is 37.1 Å². The van der Waals surface area contributed by atoms with Crippen molar-refractivity contribution >= 4 is 39.3 Å². The van der Waals surface area contributed by atoms with Crippen LogP contribution in [0.2, 0.25) is 0 Å². The summed E-state index contributed by atoms with van der Waals surface area (Å²) in [5.41, 5.74) is 1.43. The van der Waals surface area contributed by atoms with Crippen molar-refractivity contribution in [3.05, 3.63) is 16.8 Å². The molecular formula is C15H18N2O2S2. The summed E-state index contributed by atoms with van der Waals surface area (Å²) in [6, 6.07) is 0. The van der Waals surface area contributed by atoms with Crippen LogP contribution in [0.3, 0.4) is 0 Å². The van der Waals surface area contributed by atoms with E-state index in [1.165, 1.54) is 28.7 Å². The second kappa shape index (κ2) is 6.32. The molecule has 0 saturated carbocycles. The summed E-state index contributed by atoms with van der Waals surface area (Å²) >= 11 is 3.45. The Morgan fingerprint density at radius 1 is 1.48 bits per heavy atom. The van der Waals surface area contributed by atoms with E-state index in [0.717, 1.165) is 16.3 Å². The Balaban J connectivity index is 1.82. The van der Waals surface area contributed by atoms with Crippen molar-refractivity contribution in [2.75, 3.05) is 6.61 Å². The number of thiophene rings is 1. The normalized spacial score (nSPS) is 15.1. The molecule has 1 atom stereocenters. The Morgan fingerprint density at radius 3 is 3.14 bits per heavy atom. The second-order valence-electron chi connectivity index (χ2n) is 5.15. The number of aryl methyl sites for hydroxylation is 2. The fourth-order valence-electron chi connectivity index (χ4n) is 2.68. The molecule has 0 spiro atoms. The van der Waals surface area contributed by atoms with Crippen LogP contribution in [0.15, 0.2) is 11.4 Å². The van der Waals surface area contributed by atoms with Crippen LogP contribution < -0.4 is 0 Å². The number of rotatable bonds is 5. The lowest BCUT2D eigenvalue weighted by Gasteiger charge is -2.10. The third kappa shape index (κ3) is 3.06. The summed E-state index contributed by atoms with van der Waals surface area (Å²) in [5.74, 6) is -0.140. The van der Waals surface area contributed by atoms with Crippen molar-refractivity contribution in [3.63, 3.8) is 0 Å². The summed E-state index contributed by atoms with van der Waals surface area (Å²) in [4.78, 5) is 23.0. The van der Waals surface area contributed by atoms with Crippen LogP contribution >= 0.6 is 23.1 Å². The lowest BCUT2D eigenvalue weighted by Crippen LogP contribution is -2.10. The quantitative estimate of drug-likeness (QED) is 0.478. The van der Waals surface area contributed by atoms with Crippen LogP contribution in [-0.2, 0) is 22.4 Å². The van der Waals surface area contributed by atoms with Gasteiger partial charge in [-0.1, -0.05) is 6.92 Å². The first-order valence-corrected chi connectivity index (χ1v) is 8.96. The molecule has 0 N–H and O–H groups in total. The second-order valence-corrected chi connectivity index (χ2v) is 7.66. The molecule has 2 heterocycles. The van der Waals surface area contributed by atoms with Gasteiger partial charge in [-0.15, -0.1) is 23.1 Å². The van der Waals surface area contributed by atoms with Crippen molar-refractivity contribution in [3.8, 4) is 0 Å². The zero-order chi connectivity index (χ0) is 14.8. The Bertz CT molecular complexity index is 669. The van der Waals surface area contributed by atoms with Crippen molar-refractivity contribution < 1.29 is 9.53 Å². The van der Waals surface area contributed by atoms with Crippen LogP contribution in [0.4, 0.5) is 0 Å². The van der Waals surface area contributed by atoms with Gasteiger partial charge in [-0.25, -0.2) is 9.97 Å². The molecule has 0 radical (unpaired) electrons. The average Bonchev–Trinajstić information content (AvgIpc) is 2.98. The average molecular weight is 322 g/mol. The minimum absolute atomic E-state index is 0.140. The van der Waals surface area contributed by atoms with Crippen molar-refractivity contribution in [2.45, 2.75) is 49.8 Å². The lowest BCUT2D eigenvalue weighted by molar-refractivity contribution is -0.142. The highest BCUT2D eigenvalue weighted by Crippen LogP contribution is 2.41. The highest BCUT2D eigenvalue weighted by Gasteiger charge is 2.22. The van der Waals surface area contributed by atoms with Crippen molar-refractivity contribution in [1.29, 1.82) is 0 Å². The van der Waals surface area contributed by atoms with Gasteiger partial charge in [-0.2, -0.15) is 0 Å². The summed E-state index contributed by atoms with van der Waals surface area (Å²) in [6.07, 6.45) is 5.57. The largest absolute Gasteiger partial charge is 0.466 e. The number of esters is 1. The van der Waals surface area contributed by atoms with Crippen LogP contribution in [0, 0.1) is 0 Å². The molecule has 0 bridgehead atoms. The van der Waals surface area contributed by atoms with Gasteiger partial charge in [0.15, 0.2) is 0 Å². The van der Waals surface area contributed by atoms with Gasteiger partial charge in [0.25, 0.3) is 0 Å². The fraction of sp³-hybridized carbons (Fsp3) is 0.533. The molecule has 1 aliphatic carbocycles. The van der Waals surface area contributed by atoms with E-state index in [0.29, 0.717) is 13.0 Å². The van der Waals surface area contributed by atoms with Gasteiger partial charge in [0.05, 0.1) is 13.0 Å². The smallest absolute Gasteiger partial charge is 0.306 e. The van der Waals surface area contributed by atoms with Crippen LogP contribution in [0.5, 0.6) is 0 Å². The number of hydrogen-bond donors (Lipinski definition) is 0. The molecule has 21 heavy (non-hydrogen) atoms. The number of carbonyl (C=O) groups is 1. The molecule has 0 fully saturated rings.